The number of rotatable bonds is 7. The molecule has 11 aromatic rings. The summed E-state index contributed by atoms with van der Waals surface area (Å²) in [6, 6.07) is 44.7. The van der Waals surface area contributed by atoms with Crippen LogP contribution in [0, 0.1) is 0 Å². The second kappa shape index (κ2) is 14.1. The van der Waals surface area contributed by atoms with E-state index in [1.807, 2.05) is 78.9 Å². The highest BCUT2D eigenvalue weighted by Gasteiger charge is 2.21. The number of nitrogens with zero attached hydrogens (tertiary/aromatic N) is 1. The van der Waals surface area contributed by atoms with Crippen LogP contribution < -0.4 is 4.90 Å². The van der Waals surface area contributed by atoms with Crippen molar-refractivity contribution in [2.45, 2.75) is 0 Å². The Morgan fingerprint density at radius 1 is 0.362 bits per heavy atom. The normalized spacial score (nSPS) is 14.1. The average Bonchev–Trinajstić information content (AvgIpc) is 3.71. The molecule has 1 aromatic heterocycles. The summed E-state index contributed by atoms with van der Waals surface area (Å²) in [5, 5.41) is 2.66. The highest BCUT2D eigenvalue weighted by atomic mass is 16.3. The lowest BCUT2D eigenvalue weighted by Crippen LogP contribution is -2.10. The van der Waals surface area contributed by atoms with Crippen LogP contribution in [0.3, 0.4) is 0 Å². The molecule has 0 spiro atoms. The van der Waals surface area contributed by atoms with E-state index in [1.54, 1.807) is 71.6 Å². The molecule has 272 valence electrons. The second-order valence-electron chi connectivity index (χ2n) is 14.0. The Labute approximate surface area is 353 Å². The van der Waals surface area contributed by atoms with Crippen molar-refractivity contribution in [3.63, 3.8) is 0 Å². The topological polar surface area (TPSA) is 16.4 Å². The molecule has 0 unspecified atom stereocenters. The largest absolute Gasteiger partial charge is 0.455 e. The van der Waals surface area contributed by atoms with E-state index in [2.05, 4.69) is 0 Å². The molecule has 1 heterocycles. The first-order valence-corrected chi connectivity index (χ1v) is 18.9. The van der Waals surface area contributed by atoms with Crippen LogP contribution in [0.2, 0.25) is 0 Å². The zero-order valence-electron chi connectivity index (χ0n) is 41.9. The highest BCUT2D eigenvalue weighted by molar-refractivity contribution is 6.21. The van der Waals surface area contributed by atoms with Gasteiger partial charge in [-0.25, -0.2) is 0 Å². The number of fused-ring (bicyclic) bond motifs is 6. The summed E-state index contributed by atoms with van der Waals surface area (Å²) in [5.41, 5.74) is 4.50. The van der Waals surface area contributed by atoms with E-state index in [9.17, 15) is 11.0 Å². The van der Waals surface area contributed by atoms with Crippen LogP contribution in [-0.4, -0.2) is 0 Å². The number of benzene rings is 10. The number of hydrogen-bond donors (Lipinski definition) is 0. The SMILES string of the molecule is [2H]c1cc2c([2H])cc3c(oc4c(-c5c([2H])cc(-c6ccccc6)cc5[2H])c([2H])c([2H])c(-c5cccc(N(c6c([2H])cc(-c7ccccc7)cc6[2H])c6c([2H])cc7ccccc7c6[2H])c5)c43)c2cc1[2H]. The molecule has 0 aliphatic rings. The van der Waals surface area contributed by atoms with Gasteiger partial charge in [-0.3, -0.25) is 0 Å². The third-order valence-corrected chi connectivity index (χ3v) is 10.5. The Balaban J connectivity index is 1.21. The molecule has 0 atom stereocenters. The van der Waals surface area contributed by atoms with Crippen LogP contribution in [0.15, 0.2) is 229 Å². The van der Waals surface area contributed by atoms with Crippen molar-refractivity contribution in [1.82, 2.24) is 0 Å². The summed E-state index contributed by atoms with van der Waals surface area (Å²) in [6.07, 6.45) is 0. The molecule has 0 N–H and O–H groups in total. The molecular weight excluding hydrogens is 703 g/mol. The van der Waals surface area contributed by atoms with Gasteiger partial charge in [-0.05, 0) is 104 Å². The number of hydrogen-bond acceptors (Lipinski definition) is 2. The van der Waals surface area contributed by atoms with E-state index in [1.165, 1.54) is 12.1 Å². The molecule has 0 amide bonds. The molecule has 10 aromatic carbocycles. The monoisotopic (exact) mass is 750 g/mol. The Hall–Kier alpha value is -7.68. The van der Waals surface area contributed by atoms with E-state index in [-0.39, 0.29) is 106 Å². The zero-order chi connectivity index (χ0) is 48.0. The quantitative estimate of drug-likeness (QED) is 0.161. The summed E-state index contributed by atoms with van der Waals surface area (Å²) in [6.45, 7) is 0. The lowest BCUT2D eigenvalue weighted by atomic mass is 9.93. The van der Waals surface area contributed by atoms with Crippen molar-refractivity contribution in [3.05, 3.63) is 224 Å². The Kier molecular flexibility index (Phi) is 5.86. The van der Waals surface area contributed by atoms with E-state index in [4.69, 9.17) is 8.53 Å². The fourth-order valence-electron chi connectivity index (χ4n) is 7.65. The van der Waals surface area contributed by atoms with Crippen molar-refractivity contribution >= 4 is 60.5 Å². The predicted molar refractivity (Wildman–Crippen MR) is 245 cm³/mol. The highest BCUT2D eigenvalue weighted by Crippen LogP contribution is 2.45. The van der Waals surface area contributed by atoms with Crippen molar-refractivity contribution in [2.24, 2.45) is 0 Å². The van der Waals surface area contributed by atoms with Gasteiger partial charge in [-0.15, -0.1) is 0 Å². The van der Waals surface area contributed by atoms with Gasteiger partial charge >= 0.3 is 0 Å². The van der Waals surface area contributed by atoms with Crippen molar-refractivity contribution < 1.29 is 19.5 Å². The molecule has 58 heavy (non-hydrogen) atoms. The summed E-state index contributed by atoms with van der Waals surface area (Å²) >= 11 is 0. The minimum Gasteiger partial charge on any atom is -0.455 e. The summed E-state index contributed by atoms with van der Waals surface area (Å²) in [4.78, 5) is 1.57. The van der Waals surface area contributed by atoms with Gasteiger partial charge in [0, 0.05) is 38.8 Å². The molecule has 0 bridgehead atoms. The Bertz CT molecular complexity index is 3880. The molecule has 2 heteroatoms. The summed E-state index contributed by atoms with van der Waals surface area (Å²) in [7, 11) is 0. The van der Waals surface area contributed by atoms with Crippen LogP contribution in [0.25, 0.3) is 88.0 Å². The first-order valence-electron chi connectivity index (χ1n) is 24.4. The van der Waals surface area contributed by atoms with Gasteiger partial charge in [-0.2, -0.15) is 0 Å². The molecule has 0 fully saturated rings. The van der Waals surface area contributed by atoms with Crippen molar-refractivity contribution in [3.8, 4) is 44.5 Å². The molecule has 0 radical (unpaired) electrons. The smallest absolute Gasteiger partial charge is 0.143 e. The third-order valence-electron chi connectivity index (χ3n) is 10.5. The molecular formula is C56H37NO. The van der Waals surface area contributed by atoms with E-state index in [0.29, 0.717) is 54.7 Å². The Morgan fingerprint density at radius 3 is 1.74 bits per heavy atom. The van der Waals surface area contributed by atoms with Gasteiger partial charge in [0.1, 0.15) is 11.2 Å². The minimum atomic E-state index is -0.326. The van der Waals surface area contributed by atoms with Crippen LogP contribution in [0.1, 0.15) is 15.1 Å². The average molecular weight is 751 g/mol. The van der Waals surface area contributed by atoms with Crippen LogP contribution in [-0.2, 0) is 0 Å². The van der Waals surface area contributed by atoms with E-state index in [0.717, 1.165) is 11.1 Å². The van der Waals surface area contributed by atoms with Gasteiger partial charge in [0.15, 0.2) is 0 Å². The van der Waals surface area contributed by atoms with E-state index >= 15 is 0 Å². The maximum atomic E-state index is 9.87. The van der Waals surface area contributed by atoms with Crippen LogP contribution in [0.5, 0.6) is 0 Å². The maximum absolute atomic E-state index is 9.87. The van der Waals surface area contributed by atoms with Crippen molar-refractivity contribution in [2.75, 3.05) is 4.90 Å². The van der Waals surface area contributed by atoms with Gasteiger partial charge in [0.05, 0.1) is 15.1 Å². The zero-order valence-corrected chi connectivity index (χ0v) is 30.9. The van der Waals surface area contributed by atoms with E-state index < -0.39 is 0 Å². The fourth-order valence-corrected chi connectivity index (χ4v) is 7.65. The first kappa shape index (κ1) is 24.1. The van der Waals surface area contributed by atoms with Gasteiger partial charge in [0.25, 0.3) is 0 Å². The second-order valence-corrected chi connectivity index (χ2v) is 14.0. The summed E-state index contributed by atoms with van der Waals surface area (Å²) < 4.78 is 109. The lowest BCUT2D eigenvalue weighted by Gasteiger charge is -2.26. The molecule has 0 aliphatic heterocycles. The molecule has 11 rings (SSSR count). The predicted octanol–water partition coefficient (Wildman–Crippen LogP) is 16.0. The molecule has 0 saturated carbocycles. The third kappa shape index (κ3) is 5.91. The molecule has 0 saturated heterocycles. The molecule has 2 nitrogen and oxygen atoms in total. The van der Waals surface area contributed by atoms with Gasteiger partial charge in [-0.1, -0.05) is 176 Å². The van der Waals surface area contributed by atoms with Gasteiger partial charge < -0.3 is 9.32 Å². The fraction of sp³-hybridized carbons (Fsp3) is 0. The van der Waals surface area contributed by atoms with Crippen LogP contribution >= 0.6 is 0 Å². The standard InChI is InChI=1S/C56H37NO/c1-3-12-38(13-4-1)41-22-24-44(25-23-41)52-35-34-50(54-53-33-29-43-17-9-10-21-51(43)55(53)58-56(52)54)46-19-11-20-48(37-46)57(49-32-28-40-16-7-8-18-45(40)36-49)47-30-26-42(27-31-47)39-14-5-2-6-15-39/h1-37H/i9D,10D,24D,25D,29D,30D,31D,32D,34D,35D,36D. The maximum Gasteiger partial charge on any atom is 0.143 e. The lowest BCUT2D eigenvalue weighted by molar-refractivity contribution is 0.674. The Morgan fingerprint density at radius 2 is 0.983 bits per heavy atom. The number of furan rings is 1. The van der Waals surface area contributed by atoms with Gasteiger partial charge in [0.2, 0.25) is 0 Å². The summed E-state index contributed by atoms with van der Waals surface area (Å²) in [5.74, 6) is 0. The van der Waals surface area contributed by atoms with Crippen molar-refractivity contribution in [1.29, 1.82) is 0 Å². The number of anilines is 3. The first-order chi connectivity index (χ1) is 33.3. The minimum absolute atomic E-state index is 0.00627. The van der Waals surface area contributed by atoms with Crippen LogP contribution in [0.4, 0.5) is 17.1 Å². The molecule has 0 aliphatic carbocycles.